The fourth-order valence-electron chi connectivity index (χ4n) is 2.02. The largest absolute Gasteiger partial charge is 0.352 e. The summed E-state index contributed by atoms with van der Waals surface area (Å²) in [5, 5.41) is 3.71. The third kappa shape index (κ3) is 2.67. The standard InChI is InChI=1S/C15H18N2O2/c1-4-13(18)16-8-12-7-11-6-5-9(2)10(3)14(11)17-15(12)19/h5-7H,4,8H2,1-3H3,(H,16,18)(H,17,19). The lowest BCUT2D eigenvalue weighted by Crippen LogP contribution is -2.26. The lowest BCUT2D eigenvalue weighted by Gasteiger charge is -2.08. The second kappa shape index (κ2) is 5.26. The van der Waals surface area contributed by atoms with Crippen molar-refractivity contribution in [2.24, 2.45) is 0 Å². The van der Waals surface area contributed by atoms with Crippen molar-refractivity contribution in [3.8, 4) is 0 Å². The van der Waals surface area contributed by atoms with E-state index in [9.17, 15) is 9.59 Å². The topological polar surface area (TPSA) is 62.0 Å². The van der Waals surface area contributed by atoms with Crippen LogP contribution in [0.3, 0.4) is 0 Å². The maximum atomic E-state index is 12.0. The highest BCUT2D eigenvalue weighted by atomic mass is 16.1. The van der Waals surface area contributed by atoms with Gasteiger partial charge in [0.2, 0.25) is 5.91 Å². The van der Waals surface area contributed by atoms with Gasteiger partial charge in [0.25, 0.3) is 5.56 Å². The number of fused-ring (bicyclic) bond motifs is 1. The van der Waals surface area contributed by atoms with Gasteiger partial charge in [-0.05, 0) is 36.4 Å². The highest BCUT2D eigenvalue weighted by Crippen LogP contribution is 2.18. The number of aryl methyl sites for hydroxylation is 2. The molecule has 0 unspecified atom stereocenters. The van der Waals surface area contributed by atoms with Crippen molar-refractivity contribution in [3.63, 3.8) is 0 Å². The van der Waals surface area contributed by atoms with Crippen LogP contribution in [0.4, 0.5) is 0 Å². The van der Waals surface area contributed by atoms with Gasteiger partial charge in [0.15, 0.2) is 0 Å². The SMILES string of the molecule is CCC(=O)NCc1cc2ccc(C)c(C)c2[nH]c1=O. The van der Waals surface area contributed by atoms with Gasteiger partial charge in [-0.25, -0.2) is 0 Å². The molecule has 2 rings (SSSR count). The van der Waals surface area contributed by atoms with E-state index in [1.165, 1.54) is 0 Å². The second-order valence-electron chi connectivity index (χ2n) is 4.73. The molecule has 1 aromatic carbocycles. The minimum atomic E-state index is -0.141. The van der Waals surface area contributed by atoms with Gasteiger partial charge in [-0.3, -0.25) is 9.59 Å². The Morgan fingerprint density at radius 1 is 1.32 bits per heavy atom. The molecule has 0 radical (unpaired) electrons. The van der Waals surface area contributed by atoms with E-state index in [1.807, 2.05) is 32.0 Å². The molecule has 1 amide bonds. The van der Waals surface area contributed by atoms with E-state index < -0.39 is 0 Å². The maximum Gasteiger partial charge on any atom is 0.253 e. The highest BCUT2D eigenvalue weighted by Gasteiger charge is 2.07. The van der Waals surface area contributed by atoms with Crippen molar-refractivity contribution in [1.82, 2.24) is 10.3 Å². The molecule has 1 aromatic heterocycles. The van der Waals surface area contributed by atoms with Gasteiger partial charge in [-0.2, -0.15) is 0 Å². The molecule has 0 spiro atoms. The number of amides is 1. The molecule has 1 heterocycles. The number of carbonyl (C=O) groups is 1. The van der Waals surface area contributed by atoms with Crippen LogP contribution < -0.4 is 10.9 Å². The first-order valence-electron chi connectivity index (χ1n) is 6.41. The molecule has 2 N–H and O–H groups in total. The van der Waals surface area contributed by atoms with E-state index in [1.54, 1.807) is 6.92 Å². The molecule has 0 fully saturated rings. The number of pyridine rings is 1. The summed E-state index contributed by atoms with van der Waals surface area (Å²) in [6.07, 6.45) is 0.420. The third-order valence-corrected chi connectivity index (χ3v) is 3.43. The first-order chi connectivity index (χ1) is 9.02. The number of benzene rings is 1. The second-order valence-corrected chi connectivity index (χ2v) is 4.73. The number of H-pyrrole nitrogens is 1. The highest BCUT2D eigenvalue weighted by molar-refractivity contribution is 5.83. The maximum absolute atomic E-state index is 12.0. The number of aromatic nitrogens is 1. The molecule has 19 heavy (non-hydrogen) atoms. The van der Waals surface area contributed by atoms with Crippen molar-refractivity contribution in [1.29, 1.82) is 0 Å². The third-order valence-electron chi connectivity index (χ3n) is 3.43. The van der Waals surface area contributed by atoms with Gasteiger partial charge >= 0.3 is 0 Å². The van der Waals surface area contributed by atoms with Crippen LogP contribution in [0.5, 0.6) is 0 Å². The summed E-state index contributed by atoms with van der Waals surface area (Å²) >= 11 is 0. The lowest BCUT2D eigenvalue weighted by molar-refractivity contribution is -0.120. The van der Waals surface area contributed by atoms with E-state index in [2.05, 4.69) is 10.3 Å². The van der Waals surface area contributed by atoms with Crippen molar-refractivity contribution in [2.75, 3.05) is 0 Å². The predicted octanol–water partition coefficient (Wildman–Crippen LogP) is 2.17. The Bertz CT molecular complexity index is 686. The summed E-state index contributed by atoms with van der Waals surface area (Å²) in [4.78, 5) is 26.1. The van der Waals surface area contributed by atoms with Gasteiger partial charge in [-0.15, -0.1) is 0 Å². The zero-order valence-electron chi connectivity index (χ0n) is 11.5. The van der Waals surface area contributed by atoms with Crippen LogP contribution in [0.25, 0.3) is 10.9 Å². The molecular weight excluding hydrogens is 240 g/mol. The van der Waals surface area contributed by atoms with Crippen LogP contribution in [0.1, 0.15) is 30.0 Å². The number of rotatable bonds is 3. The average Bonchev–Trinajstić information content (AvgIpc) is 2.41. The molecule has 0 saturated heterocycles. The van der Waals surface area contributed by atoms with Crippen molar-refractivity contribution in [2.45, 2.75) is 33.7 Å². The molecule has 0 aliphatic heterocycles. The normalized spacial score (nSPS) is 10.7. The monoisotopic (exact) mass is 258 g/mol. The van der Waals surface area contributed by atoms with E-state index in [0.717, 1.165) is 22.0 Å². The summed E-state index contributed by atoms with van der Waals surface area (Å²) in [7, 11) is 0. The van der Waals surface area contributed by atoms with E-state index in [-0.39, 0.29) is 18.0 Å². The first kappa shape index (κ1) is 13.3. The Labute approximate surface area is 111 Å². The predicted molar refractivity (Wildman–Crippen MR) is 76.2 cm³/mol. The van der Waals surface area contributed by atoms with Crippen LogP contribution in [0.2, 0.25) is 0 Å². The van der Waals surface area contributed by atoms with Crippen molar-refractivity contribution < 1.29 is 4.79 Å². The number of nitrogens with one attached hydrogen (secondary N) is 2. The molecule has 0 aliphatic rings. The Morgan fingerprint density at radius 3 is 2.74 bits per heavy atom. The smallest absolute Gasteiger partial charge is 0.253 e. The number of hydrogen-bond donors (Lipinski definition) is 2. The molecule has 2 aromatic rings. The van der Waals surface area contributed by atoms with Crippen LogP contribution in [0.15, 0.2) is 23.0 Å². The summed E-state index contributed by atoms with van der Waals surface area (Å²) in [6, 6.07) is 5.86. The zero-order chi connectivity index (χ0) is 14.0. The lowest BCUT2D eigenvalue weighted by atomic mass is 10.0. The molecule has 4 nitrogen and oxygen atoms in total. The van der Waals surface area contributed by atoms with Crippen LogP contribution in [0, 0.1) is 13.8 Å². The summed E-state index contributed by atoms with van der Waals surface area (Å²) in [5.74, 6) is -0.0559. The van der Waals surface area contributed by atoms with Crippen molar-refractivity contribution in [3.05, 3.63) is 45.2 Å². The number of carbonyl (C=O) groups excluding carboxylic acids is 1. The van der Waals surface area contributed by atoms with Crippen LogP contribution in [-0.4, -0.2) is 10.9 Å². The number of hydrogen-bond acceptors (Lipinski definition) is 2. The van der Waals surface area contributed by atoms with E-state index in [4.69, 9.17) is 0 Å². The Morgan fingerprint density at radius 2 is 2.05 bits per heavy atom. The fraction of sp³-hybridized carbons (Fsp3) is 0.333. The fourth-order valence-corrected chi connectivity index (χ4v) is 2.02. The van der Waals surface area contributed by atoms with Gasteiger partial charge < -0.3 is 10.3 Å². The Hall–Kier alpha value is -2.10. The molecule has 0 aliphatic carbocycles. The molecule has 4 heteroatoms. The first-order valence-corrected chi connectivity index (χ1v) is 6.41. The molecule has 100 valence electrons. The molecular formula is C15H18N2O2. The van der Waals surface area contributed by atoms with E-state index >= 15 is 0 Å². The van der Waals surface area contributed by atoms with Gasteiger partial charge in [0.05, 0.1) is 5.52 Å². The molecule has 0 bridgehead atoms. The van der Waals surface area contributed by atoms with Crippen molar-refractivity contribution >= 4 is 16.8 Å². The number of aromatic amines is 1. The van der Waals surface area contributed by atoms with Gasteiger partial charge in [0, 0.05) is 18.5 Å². The zero-order valence-corrected chi connectivity index (χ0v) is 11.5. The van der Waals surface area contributed by atoms with Gasteiger partial charge in [0.1, 0.15) is 0 Å². The van der Waals surface area contributed by atoms with Crippen LogP contribution in [-0.2, 0) is 11.3 Å². The summed E-state index contributed by atoms with van der Waals surface area (Å²) in [6.45, 7) is 6.06. The van der Waals surface area contributed by atoms with Crippen LogP contribution >= 0.6 is 0 Å². The van der Waals surface area contributed by atoms with Gasteiger partial charge in [-0.1, -0.05) is 19.1 Å². The average molecular weight is 258 g/mol. The molecule has 0 saturated carbocycles. The Balaban J connectivity index is 2.43. The minimum absolute atomic E-state index is 0.0559. The summed E-state index contributed by atoms with van der Waals surface area (Å²) in [5.41, 5.74) is 3.54. The minimum Gasteiger partial charge on any atom is -0.352 e. The molecule has 0 atom stereocenters. The summed E-state index contributed by atoms with van der Waals surface area (Å²) < 4.78 is 0. The van der Waals surface area contributed by atoms with E-state index in [0.29, 0.717) is 12.0 Å². The quantitative estimate of drug-likeness (QED) is 0.886. The Kier molecular flexibility index (Phi) is 3.69.